The first-order valence-corrected chi connectivity index (χ1v) is 12.0. The van der Waals surface area contributed by atoms with Gasteiger partial charge in [-0.15, -0.1) is 11.3 Å². The molecular weight excluding hydrogens is 496 g/mol. The molecule has 35 heavy (non-hydrogen) atoms. The predicted octanol–water partition coefficient (Wildman–Crippen LogP) is 9.79. The highest BCUT2D eigenvalue weighted by molar-refractivity contribution is 7.18. The fourth-order valence-electron chi connectivity index (χ4n) is 4.09. The van der Waals surface area contributed by atoms with Gasteiger partial charge in [-0.05, 0) is 42.7 Å². The Labute approximate surface area is 202 Å². The number of halogens is 8. The summed E-state index contributed by atoms with van der Waals surface area (Å²) < 4.78 is 119. The smallest absolute Gasteiger partial charge is 0.170 e. The summed E-state index contributed by atoms with van der Waals surface area (Å²) in [4.78, 5) is -0.807. The molecule has 0 radical (unpaired) electrons. The number of hydrogen-bond donors (Lipinski definition) is 0. The van der Waals surface area contributed by atoms with E-state index in [9.17, 15) is 26.3 Å². The maximum absolute atomic E-state index is 15.0. The SMILES string of the molecule is CCC(C)c1c(F)c(F)c(-c2ccc(-c3c(F)c(F)c(C(C)(CC)CC)c(F)c3F)s2)c(F)c1F. The van der Waals surface area contributed by atoms with E-state index in [2.05, 4.69) is 0 Å². The van der Waals surface area contributed by atoms with Gasteiger partial charge in [-0.3, -0.25) is 0 Å². The lowest BCUT2D eigenvalue weighted by Crippen LogP contribution is -2.25. The van der Waals surface area contributed by atoms with Gasteiger partial charge in [-0.2, -0.15) is 0 Å². The molecule has 0 spiro atoms. The fraction of sp³-hybridized carbons (Fsp3) is 0.385. The van der Waals surface area contributed by atoms with Crippen LogP contribution in [0.1, 0.15) is 70.9 Å². The molecule has 2 aromatic carbocycles. The Bertz CT molecular complexity index is 1220. The molecule has 0 aliphatic carbocycles. The minimum absolute atomic E-state index is 0.209. The van der Waals surface area contributed by atoms with E-state index in [1.165, 1.54) is 13.8 Å². The second kappa shape index (κ2) is 9.91. The zero-order chi connectivity index (χ0) is 26.4. The van der Waals surface area contributed by atoms with Crippen molar-refractivity contribution in [3.05, 3.63) is 69.8 Å². The van der Waals surface area contributed by atoms with Crippen molar-refractivity contribution in [2.75, 3.05) is 0 Å². The van der Waals surface area contributed by atoms with E-state index >= 15 is 8.78 Å². The first-order chi connectivity index (χ1) is 16.4. The van der Waals surface area contributed by atoms with Gasteiger partial charge < -0.3 is 0 Å². The second-order valence-electron chi connectivity index (χ2n) is 8.79. The van der Waals surface area contributed by atoms with Gasteiger partial charge in [0.1, 0.15) is 0 Å². The molecule has 0 aliphatic rings. The molecule has 3 rings (SSSR count). The van der Waals surface area contributed by atoms with Crippen LogP contribution in [0.3, 0.4) is 0 Å². The topological polar surface area (TPSA) is 0 Å². The van der Waals surface area contributed by atoms with Gasteiger partial charge in [0.05, 0.1) is 11.1 Å². The molecule has 1 unspecified atom stereocenters. The molecule has 0 saturated heterocycles. The molecular formula is C26H24F8S. The molecule has 1 aromatic heterocycles. The van der Waals surface area contributed by atoms with E-state index < -0.39 is 89.9 Å². The van der Waals surface area contributed by atoms with E-state index in [0.717, 1.165) is 12.1 Å². The second-order valence-corrected chi connectivity index (χ2v) is 9.88. The van der Waals surface area contributed by atoms with Gasteiger partial charge in [0.2, 0.25) is 0 Å². The minimum atomic E-state index is -1.66. The quantitative estimate of drug-likeness (QED) is 0.215. The van der Waals surface area contributed by atoms with Gasteiger partial charge in [0, 0.05) is 20.9 Å². The fourth-order valence-corrected chi connectivity index (χ4v) is 5.16. The Balaban J connectivity index is 2.23. The lowest BCUT2D eigenvalue weighted by Gasteiger charge is -2.29. The summed E-state index contributed by atoms with van der Waals surface area (Å²) in [6, 6.07) is 1.96. The molecule has 0 nitrogen and oxygen atoms in total. The zero-order valence-corrected chi connectivity index (χ0v) is 20.6. The molecule has 3 aromatic rings. The van der Waals surface area contributed by atoms with Crippen molar-refractivity contribution in [1.29, 1.82) is 0 Å². The van der Waals surface area contributed by atoms with Crippen LogP contribution in [-0.2, 0) is 5.41 Å². The summed E-state index contributed by atoms with van der Waals surface area (Å²) in [6.07, 6.45) is 0.637. The monoisotopic (exact) mass is 520 g/mol. The third-order valence-corrected chi connectivity index (χ3v) is 8.05. The van der Waals surface area contributed by atoms with Crippen molar-refractivity contribution < 1.29 is 35.1 Å². The van der Waals surface area contributed by atoms with Gasteiger partial charge >= 0.3 is 0 Å². The molecule has 0 aliphatic heterocycles. The molecule has 1 atom stereocenters. The number of thiophene rings is 1. The van der Waals surface area contributed by atoms with Crippen LogP contribution in [0.25, 0.3) is 20.9 Å². The van der Waals surface area contributed by atoms with Crippen molar-refractivity contribution in [3.8, 4) is 20.9 Å². The Morgan fingerprint density at radius 3 is 1.37 bits per heavy atom. The molecule has 9 heteroatoms. The normalized spacial score (nSPS) is 12.9. The van der Waals surface area contributed by atoms with Crippen LogP contribution in [0.4, 0.5) is 35.1 Å². The van der Waals surface area contributed by atoms with Crippen molar-refractivity contribution in [2.24, 2.45) is 0 Å². The van der Waals surface area contributed by atoms with E-state index in [1.54, 1.807) is 20.8 Å². The molecule has 190 valence electrons. The predicted molar refractivity (Wildman–Crippen MR) is 121 cm³/mol. The first kappa shape index (κ1) is 27.2. The highest BCUT2D eigenvalue weighted by Crippen LogP contribution is 2.45. The van der Waals surface area contributed by atoms with Crippen LogP contribution in [0.5, 0.6) is 0 Å². The van der Waals surface area contributed by atoms with E-state index in [1.807, 2.05) is 0 Å². The average Bonchev–Trinajstić information content (AvgIpc) is 3.30. The summed E-state index contributed by atoms with van der Waals surface area (Å²) in [5, 5.41) is 0. The summed E-state index contributed by atoms with van der Waals surface area (Å²) in [7, 11) is 0. The van der Waals surface area contributed by atoms with Crippen molar-refractivity contribution >= 4 is 11.3 Å². The lowest BCUT2D eigenvalue weighted by molar-refractivity contribution is 0.360. The Morgan fingerprint density at radius 1 is 0.657 bits per heavy atom. The Hall–Kier alpha value is -2.42. The van der Waals surface area contributed by atoms with Gasteiger partial charge in [-0.25, -0.2) is 35.1 Å². The molecule has 0 saturated carbocycles. The molecule has 0 amide bonds. The summed E-state index contributed by atoms with van der Waals surface area (Å²) in [5.74, 6) is -13.7. The number of hydrogen-bond acceptors (Lipinski definition) is 1. The first-order valence-electron chi connectivity index (χ1n) is 11.2. The zero-order valence-electron chi connectivity index (χ0n) is 19.8. The standard InChI is InChI=1S/C26H24F8S/c1-6-11(4)14-18(27)20(29)15(21(30)19(14)28)12-9-10-13(35-12)16-22(31)24(33)17(25(34)23(16)32)26(5,7-2)8-3/h9-11H,6-8H2,1-5H3. The maximum Gasteiger partial charge on any atom is 0.170 e. The highest BCUT2D eigenvalue weighted by atomic mass is 32.1. The van der Waals surface area contributed by atoms with Gasteiger partial charge in [0.15, 0.2) is 46.5 Å². The molecule has 0 N–H and O–H groups in total. The van der Waals surface area contributed by atoms with Crippen molar-refractivity contribution in [3.63, 3.8) is 0 Å². The third kappa shape index (κ3) is 4.26. The maximum atomic E-state index is 15.0. The molecule has 1 heterocycles. The van der Waals surface area contributed by atoms with Crippen LogP contribution in [0.2, 0.25) is 0 Å². The van der Waals surface area contributed by atoms with Crippen LogP contribution in [0, 0.1) is 46.5 Å². The van der Waals surface area contributed by atoms with E-state index in [-0.39, 0.29) is 19.3 Å². The number of benzene rings is 2. The number of rotatable bonds is 7. The van der Waals surface area contributed by atoms with Crippen LogP contribution in [-0.4, -0.2) is 0 Å². The molecule has 0 fully saturated rings. The lowest BCUT2D eigenvalue weighted by atomic mass is 9.76. The van der Waals surface area contributed by atoms with E-state index in [0.29, 0.717) is 11.3 Å². The average molecular weight is 521 g/mol. The Kier molecular flexibility index (Phi) is 7.70. The summed E-state index contributed by atoms with van der Waals surface area (Å²) in [5.41, 5.74) is -4.76. The van der Waals surface area contributed by atoms with Gasteiger partial charge in [-0.1, -0.05) is 34.6 Å². The van der Waals surface area contributed by atoms with Crippen LogP contribution in [0.15, 0.2) is 12.1 Å². The Morgan fingerprint density at radius 2 is 1.03 bits per heavy atom. The van der Waals surface area contributed by atoms with Crippen molar-refractivity contribution in [1.82, 2.24) is 0 Å². The summed E-state index contributed by atoms with van der Waals surface area (Å²) >= 11 is 0.349. The summed E-state index contributed by atoms with van der Waals surface area (Å²) in [6.45, 7) is 7.74. The van der Waals surface area contributed by atoms with Crippen LogP contribution >= 0.6 is 11.3 Å². The minimum Gasteiger partial charge on any atom is -0.203 e. The third-order valence-electron chi connectivity index (χ3n) is 6.93. The largest absolute Gasteiger partial charge is 0.203 e. The van der Waals surface area contributed by atoms with Gasteiger partial charge in [0.25, 0.3) is 0 Å². The van der Waals surface area contributed by atoms with Crippen molar-refractivity contribution in [2.45, 2.75) is 65.2 Å². The molecule has 0 bridgehead atoms. The highest BCUT2D eigenvalue weighted by Gasteiger charge is 2.36. The van der Waals surface area contributed by atoms with E-state index in [4.69, 9.17) is 0 Å². The van der Waals surface area contributed by atoms with Crippen LogP contribution < -0.4 is 0 Å².